The summed E-state index contributed by atoms with van der Waals surface area (Å²) in [6.07, 6.45) is 0. The summed E-state index contributed by atoms with van der Waals surface area (Å²) < 4.78 is 2.25. The number of benzene rings is 4. The molecule has 0 spiro atoms. The van der Waals surface area contributed by atoms with Gasteiger partial charge in [-0.05, 0) is 85.0 Å². The van der Waals surface area contributed by atoms with Crippen LogP contribution in [0.15, 0.2) is 91.0 Å². The van der Waals surface area contributed by atoms with Crippen LogP contribution in [0.4, 0.5) is 0 Å². The molecular formula is C33H29ClN2O3. The molecule has 0 aliphatic rings. The highest BCUT2D eigenvalue weighted by atomic mass is 35.5. The van der Waals surface area contributed by atoms with E-state index in [1.54, 1.807) is 12.1 Å². The van der Waals surface area contributed by atoms with Crippen molar-refractivity contribution in [1.29, 1.82) is 0 Å². The summed E-state index contributed by atoms with van der Waals surface area (Å²) in [6, 6.07) is 28.2. The number of carboxylic acids is 1. The molecule has 0 unspecified atom stereocenters. The number of aromatic carboxylic acids is 1. The third kappa shape index (κ3) is 5.31. The highest BCUT2D eigenvalue weighted by molar-refractivity contribution is 6.30. The monoisotopic (exact) mass is 536 g/mol. The quantitative estimate of drug-likeness (QED) is 0.223. The lowest BCUT2D eigenvalue weighted by Gasteiger charge is -2.15. The average Bonchev–Trinajstić information content (AvgIpc) is 3.17. The molecule has 1 aromatic heterocycles. The first-order valence-electron chi connectivity index (χ1n) is 12.8. The zero-order valence-corrected chi connectivity index (χ0v) is 22.8. The third-order valence-electron chi connectivity index (χ3n) is 7.36. The number of carboxylic acid groups (broad SMARTS) is 1. The summed E-state index contributed by atoms with van der Waals surface area (Å²) in [5.74, 6) is -1.07. The van der Waals surface area contributed by atoms with Crippen LogP contribution < -0.4 is 5.32 Å². The smallest absolute Gasteiger partial charge is 0.336 e. The van der Waals surface area contributed by atoms with Gasteiger partial charge in [0.15, 0.2) is 0 Å². The molecule has 0 fully saturated rings. The summed E-state index contributed by atoms with van der Waals surface area (Å²) in [4.78, 5) is 24.7. The normalized spacial score (nSPS) is 11.9. The van der Waals surface area contributed by atoms with Crippen molar-refractivity contribution in [2.24, 2.45) is 0 Å². The number of nitrogens with one attached hydrogen (secondary N) is 1. The Morgan fingerprint density at radius 1 is 0.923 bits per heavy atom. The summed E-state index contributed by atoms with van der Waals surface area (Å²) in [5, 5.41) is 14.3. The predicted octanol–water partition coefficient (Wildman–Crippen LogP) is 7.82. The van der Waals surface area contributed by atoms with E-state index < -0.39 is 5.97 Å². The van der Waals surface area contributed by atoms with E-state index in [1.165, 1.54) is 0 Å². The number of aryl methyl sites for hydroxylation is 1. The van der Waals surface area contributed by atoms with Crippen molar-refractivity contribution >= 4 is 34.4 Å². The lowest BCUT2D eigenvalue weighted by molar-refractivity contribution is 0.0697. The lowest BCUT2D eigenvalue weighted by Crippen LogP contribution is -2.26. The Kier molecular flexibility index (Phi) is 7.27. The summed E-state index contributed by atoms with van der Waals surface area (Å²) in [7, 11) is 0. The molecule has 39 heavy (non-hydrogen) atoms. The second-order valence-corrected chi connectivity index (χ2v) is 10.3. The molecule has 0 saturated carbocycles. The molecular weight excluding hydrogens is 508 g/mol. The number of aromatic nitrogens is 1. The molecule has 1 amide bonds. The highest BCUT2D eigenvalue weighted by Gasteiger charge is 2.17. The number of carbonyl (C=O) groups is 2. The zero-order chi connectivity index (χ0) is 27.7. The molecule has 0 saturated heterocycles. The first kappa shape index (κ1) is 26.3. The number of hydrogen-bond donors (Lipinski definition) is 2. The fraction of sp³-hybridized carbons (Fsp3) is 0.152. The first-order valence-corrected chi connectivity index (χ1v) is 13.2. The van der Waals surface area contributed by atoms with E-state index in [-0.39, 0.29) is 17.5 Å². The largest absolute Gasteiger partial charge is 0.478 e. The number of fused-ring (bicyclic) bond motifs is 1. The first-order chi connectivity index (χ1) is 18.7. The van der Waals surface area contributed by atoms with Crippen molar-refractivity contribution in [3.63, 3.8) is 0 Å². The fourth-order valence-electron chi connectivity index (χ4n) is 5.03. The minimum Gasteiger partial charge on any atom is -0.478 e. The van der Waals surface area contributed by atoms with Crippen molar-refractivity contribution in [1.82, 2.24) is 9.88 Å². The predicted molar refractivity (Wildman–Crippen MR) is 157 cm³/mol. The summed E-state index contributed by atoms with van der Waals surface area (Å²) in [6.45, 7) is 6.78. The van der Waals surface area contributed by atoms with Crippen LogP contribution in [0.25, 0.3) is 22.0 Å². The van der Waals surface area contributed by atoms with Crippen LogP contribution in [0.3, 0.4) is 0 Å². The minimum absolute atomic E-state index is 0.133. The van der Waals surface area contributed by atoms with Crippen molar-refractivity contribution in [3.05, 3.63) is 130 Å². The van der Waals surface area contributed by atoms with Crippen molar-refractivity contribution < 1.29 is 14.7 Å². The van der Waals surface area contributed by atoms with Gasteiger partial charge in [0.25, 0.3) is 5.91 Å². The van der Waals surface area contributed by atoms with Crippen molar-refractivity contribution in [3.8, 4) is 11.1 Å². The molecule has 0 aliphatic carbocycles. The molecule has 4 aromatic carbocycles. The fourth-order valence-corrected chi connectivity index (χ4v) is 5.23. The molecule has 0 radical (unpaired) electrons. The molecule has 1 atom stereocenters. The Bertz CT molecular complexity index is 1700. The van der Waals surface area contributed by atoms with Gasteiger partial charge in [0.05, 0.1) is 11.6 Å². The summed E-state index contributed by atoms with van der Waals surface area (Å²) >= 11 is 6.12. The van der Waals surface area contributed by atoms with Crippen LogP contribution in [0.5, 0.6) is 0 Å². The molecule has 0 aliphatic heterocycles. The van der Waals surface area contributed by atoms with Crippen LogP contribution in [0.1, 0.15) is 56.1 Å². The Morgan fingerprint density at radius 3 is 2.38 bits per heavy atom. The molecule has 6 heteroatoms. The molecule has 5 nitrogen and oxygen atoms in total. The zero-order valence-electron chi connectivity index (χ0n) is 22.0. The number of carbonyl (C=O) groups excluding carboxylic acids is 1. The molecule has 196 valence electrons. The van der Waals surface area contributed by atoms with Crippen LogP contribution in [0.2, 0.25) is 5.02 Å². The van der Waals surface area contributed by atoms with E-state index >= 15 is 0 Å². The van der Waals surface area contributed by atoms with Crippen molar-refractivity contribution in [2.75, 3.05) is 0 Å². The van der Waals surface area contributed by atoms with E-state index in [0.717, 1.165) is 38.9 Å². The molecule has 5 aromatic rings. The number of nitrogens with zero attached hydrogens (tertiary/aromatic N) is 1. The number of hydrogen-bond acceptors (Lipinski definition) is 2. The van der Waals surface area contributed by atoms with Gasteiger partial charge >= 0.3 is 5.97 Å². The van der Waals surface area contributed by atoms with E-state index in [0.29, 0.717) is 22.7 Å². The van der Waals surface area contributed by atoms with Gasteiger partial charge in [-0.1, -0.05) is 66.2 Å². The maximum Gasteiger partial charge on any atom is 0.336 e. The third-order valence-corrected chi connectivity index (χ3v) is 7.60. The standard InChI is InChI=1S/C33H29ClN2O3/c1-20-22(3)36(19-23-11-13-24(14-12-23)28-9-4-5-10-29(28)33(38)39)31-16-15-26(18-30(20)31)32(37)35-21(2)25-7-6-8-27(34)17-25/h4-18,21H,19H2,1-3H3,(H,35,37)(H,38,39)/t21-/m1/s1. The van der Waals surface area contributed by atoms with Crippen LogP contribution in [-0.4, -0.2) is 21.6 Å². The second-order valence-electron chi connectivity index (χ2n) is 9.83. The summed E-state index contributed by atoms with van der Waals surface area (Å²) in [5.41, 5.74) is 7.84. The number of halogens is 1. The Balaban J connectivity index is 1.39. The van der Waals surface area contributed by atoms with E-state index in [9.17, 15) is 14.7 Å². The average molecular weight is 537 g/mol. The molecule has 5 rings (SSSR count). The molecule has 1 heterocycles. The number of rotatable bonds is 7. The lowest BCUT2D eigenvalue weighted by atomic mass is 9.99. The highest BCUT2D eigenvalue weighted by Crippen LogP contribution is 2.29. The number of amides is 1. The van der Waals surface area contributed by atoms with Crippen LogP contribution in [-0.2, 0) is 6.54 Å². The van der Waals surface area contributed by atoms with Crippen LogP contribution >= 0.6 is 11.6 Å². The Hall–Kier alpha value is -4.35. The topological polar surface area (TPSA) is 71.3 Å². The van der Waals surface area contributed by atoms with Gasteiger partial charge in [0, 0.05) is 33.7 Å². The maximum atomic E-state index is 13.1. The van der Waals surface area contributed by atoms with Gasteiger partial charge < -0.3 is 15.0 Å². The molecule has 0 bridgehead atoms. The van der Waals surface area contributed by atoms with Gasteiger partial charge in [-0.25, -0.2) is 4.79 Å². The SMILES string of the molecule is Cc1c(C)n(Cc2ccc(-c3ccccc3C(=O)O)cc2)c2ccc(C(=O)N[C@H](C)c3cccc(Cl)c3)cc12. The van der Waals surface area contributed by atoms with Crippen molar-refractivity contribution in [2.45, 2.75) is 33.4 Å². The maximum absolute atomic E-state index is 13.1. The second kappa shape index (κ2) is 10.8. The van der Waals surface area contributed by atoms with Gasteiger partial charge in [0.2, 0.25) is 0 Å². The molecule has 2 N–H and O–H groups in total. The van der Waals surface area contributed by atoms with E-state index in [1.807, 2.05) is 85.8 Å². The van der Waals surface area contributed by atoms with Gasteiger partial charge in [-0.3, -0.25) is 4.79 Å². The Morgan fingerprint density at radius 2 is 1.67 bits per heavy atom. The minimum atomic E-state index is -0.938. The van der Waals surface area contributed by atoms with Gasteiger partial charge in [-0.2, -0.15) is 0 Å². The van der Waals surface area contributed by atoms with Crippen LogP contribution in [0, 0.1) is 13.8 Å². The van der Waals surface area contributed by atoms with E-state index in [2.05, 4.69) is 23.7 Å². The van der Waals surface area contributed by atoms with E-state index in [4.69, 9.17) is 11.6 Å². The van der Waals surface area contributed by atoms with Gasteiger partial charge in [0.1, 0.15) is 0 Å². The van der Waals surface area contributed by atoms with Gasteiger partial charge in [-0.15, -0.1) is 0 Å². The Labute approximate surface area is 232 Å².